The van der Waals surface area contributed by atoms with Crippen molar-refractivity contribution in [2.75, 3.05) is 33.4 Å². The summed E-state index contributed by atoms with van der Waals surface area (Å²) in [6.45, 7) is 4.56. The number of amides is 1. The van der Waals surface area contributed by atoms with Crippen LogP contribution < -0.4 is 16.4 Å². The summed E-state index contributed by atoms with van der Waals surface area (Å²) in [6, 6.07) is -0.256. The van der Waals surface area contributed by atoms with Crippen LogP contribution in [0.25, 0.3) is 5.65 Å². The van der Waals surface area contributed by atoms with Crippen LogP contribution in [0, 0.1) is 0 Å². The fourth-order valence-electron chi connectivity index (χ4n) is 3.08. The van der Waals surface area contributed by atoms with Crippen molar-refractivity contribution >= 4 is 11.7 Å². The van der Waals surface area contributed by atoms with Gasteiger partial charge < -0.3 is 30.6 Å². The molecule has 10 nitrogen and oxygen atoms in total. The van der Waals surface area contributed by atoms with Crippen molar-refractivity contribution in [3.8, 4) is 0 Å². The smallest absolute Gasteiger partial charge is 0.416 e. The molecule has 216 valence electrons. The van der Waals surface area contributed by atoms with Crippen LogP contribution in [0.4, 0.5) is 26.7 Å². The van der Waals surface area contributed by atoms with Crippen LogP contribution in [0.1, 0.15) is 58.0 Å². The number of alkyl halides is 5. The van der Waals surface area contributed by atoms with Gasteiger partial charge in [-0.3, -0.25) is 0 Å². The molecule has 2 heterocycles. The van der Waals surface area contributed by atoms with E-state index < -0.39 is 61.2 Å². The van der Waals surface area contributed by atoms with Crippen LogP contribution in [-0.4, -0.2) is 77.4 Å². The highest BCUT2D eigenvalue weighted by Gasteiger charge is 2.49. The molecule has 2 aromatic heterocycles. The maximum Gasteiger partial charge on any atom is 0.416 e. The molecular formula is C23H35F5N6O4. The van der Waals surface area contributed by atoms with Crippen LogP contribution >= 0.6 is 0 Å². The molecule has 2 aromatic rings. The number of methoxy groups -OCH3 is 1. The molecule has 0 saturated heterocycles. The summed E-state index contributed by atoms with van der Waals surface area (Å²) < 4.78 is 84.2. The van der Waals surface area contributed by atoms with E-state index in [1.165, 1.54) is 24.0 Å². The summed E-state index contributed by atoms with van der Waals surface area (Å²) in [5.41, 5.74) is 2.59. The van der Waals surface area contributed by atoms with E-state index in [1.807, 2.05) is 0 Å². The van der Waals surface area contributed by atoms with Crippen molar-refractivity contribution in [2.24, 2.45) is 5.73 Å². The molecule has 0 aromatic carbocycles. The molecular weight excluding hydrogens is 519 g/mol. The topological polar surface area (TPSA) is 125 Å². The number of nitrogens with one attached hydrogen (secondary N) is 2. The van der Waals surface area contributed by atoms with E-state index in [2.05, 4.69) is 20.7 Å². The van der Waals surface area contributed by atoms with Gasteiger partial charge in [-0.05, 0) is 46.2 Å². The van der Waals surface area contributed by atoms with E-state index in [9.17, 15) is 26.7 Å². The van der Waals surface area contributed by atoms with Gasteiger partial charge in [0.1, 0.15) is 5.60 Å². The number of nitrogens with two attached hydrogens (primary N) is 1. The number of carbonyl (C=O) groups is 1. The summed E-state index contributed by atoms with van der Waals surface area (Å²) >= 11 is 0. The highest BCUT2D eigenvalue weighted by atomic mass is 19.4. The Kier molecular flexibility index (Phi) is 10.0. The first kappa shape index (κ1) is 31.6. The molecule has 0 unspecified atom stereocenters. The fraction of sp³-hybridized carbons (Fsp3) is 0.696. The molecule has 0 aliphatic carbocycles. The van der Waals surface area contributed by atoms with Gasteiger partial charge in [-0.2, -0.15) is 18.3 Å². The van der Waals surface area contributed by atoms with Gasteiger partial charge in [0.05, 0.1) is 56.5 Å². The number of hydrogen-bond donors (Lipinski definition) is 3. The number of nitrogens with zero attached hydrogens (tertiary/aromatic N) is 3. The zero-order valence-electron chi connectivity index (χ0n) is 22.2. The van der Waals surface area contributed by atoms with E-state index >= 15 is 0 Å². The fourth-order valence-corrected chi connectivity index (χ4v) is 3.08. The lowest BCUT2D eigenvalue weighted by Crippen LogP contribution is -2.44. The maximum absolute atomic E-state index is 13.7. The Morgan fingerprint density at radius 3 is 2.32 bits per heavy atom. The van der Waals surface area contributed by atoms with Gasteiger partial charge in [0.2, 0.25) is 0 Å². The van der Waals surface area contributed by atoms with Gasteiger partial charge >= 0.3 is 12.3 Å². The molecule has 1 amide bonds. The molecule has 2 atom stereocenters. The molecule has 0 radical (unpaired) electrons. The Hall–Kier alpha value is -2.62. The third-order valence-corrected chi connectivity index (χ3v) is 5.34. The minimum Gasteiger partial charge on any atom is -0.444 e. The molecule has 0 fully saturated rings. The van der Waals surface area contributed by atoms with Gasteiger partial charge in [0.15, 0.2) is 11.2 Å². The lowest BCUT2D eigenvalue weighted by Gasteiger charge is -2.30. The lowest BCUT2D eigenvalue weighted by atomic mass is 10.1. The second-order valence-corrected chi connectivity index (χ2v) is 10.2. The van der Waals surface area contributed by atoms with Crippen LogP contribution in [0.2, 0.25) is 0 Å². The third kappa shape index (κ3) is 8.99. The number of aromatic nitrogens is 3. The second kappa shape index (κ2) is 12.1. The molecule has 0 aliphatic heterocycles. The van der Waals surface area contributed by atoms with E-state index in [-0.39, 0.29) is 17.9 Å². The summed E-state index contributed by atoms with van der Waals surface area (Å²) in [6.07, 6.45) is -2.73. The van der Waals surface area contributed by atoms with Crippen LogP contribution in [-0.2, 0) is 14.2 Å². The maximum atomic E-state index is 13.7. The number of rotatable bonds is 12. The number of alkyl carbamates (subject to hydrolysis) is 1. The minimum absolute atomic E-state index is 0.0370. The first-order valence-electron chi connectivity index (χ1n) is 11.7. The summed E-state index contributed by atoms with van der Waals surface area (Å²) in [7, 11) is 1.41. The lowest BCUT2D eigenvalue weighted by molar-refractivity contribution is -0.265. The largest absolute Gasteiger partial charge is 0.444 e. The van der Waals surface area contributed by atoms with E-state index in [4.69, 9.17) is 19.9 Å². The van der Waals surface area contributed by atoms with Crippen molar-refractivity contribution in [3.63, 3.8) is 0 Å². The summed E-state index contributed by atoms with van der Waals surface area (Å²) in [5, 5.41) is 9.40. The molecule has 38 heavy (non-hydrogen) atoms. The number of halogens is 5. The second-order valence-electron chi connectivity index (χ2n) is 10.2. The van der Waals surface area contributed by atoms with Crippen molar-refractivity contribution < 1.29 is 41.0 Å². The molecule has 0 bridgehead atoms. The SMILES string of the molecule is COC[C@@H](NCC(F)(F)CN)c1cnn2cc([C@H](COC(C)(C)C(F)(F)F)NC(=O)OC(C)(C)C)nc2c1. The van der Waals surface area contributed by atoms with Crippen molar-refractivity contribution in [1.82, 2.24) is 25.2 Å². The molecule has 0 aliphatic rings. The van der Waals surface area contributed by atoms with E-state index in [0.717, 1.165) is 13.8 Å². The van der Waals surface area contributed by atoms with Crippen molar-refractivity contribution in [2.45, 2.75) is 70.0 Å². The normalized spacial score (nSPS) is 14.9. The third-order valence-electron chi connectivity index (χ3n) is 5.34. The summed E-state index contributed by atoms with van der Waals surface area (Å²) in [5.74, 6) is -3.13. The van der Waals surface area contributed by atoms with Crippen molar-refractivity contribution in [3.05, 3.63) is 29.7 Å². The molecule has 15 heteroatoms. The van der Waals surface area contributed by atoms with Crippen LogP contribution in [0.3, 0.4) is 0 Å². The van der Waals surface area contributed by atoms with E-state index in [1.54, 1.807) is 26.8 Å². The van der Waals surface area contributed by atoms with Gasteiger partial charge in [-0.15, -0.1) is 0 Å². The molecule has 2 rings (SSSR count). The number of ether oxygens (including phenoxy) is 3. The van der Waals surface area contributed by atoms with Gasteiger partial charge in [-0.1, -0.05) is 0 Å². The highest BCUT2D eigenvalue weighted by molar-refractivity contribution is 5.68. The average Bonchev–Trinajstić information content (AvgIpc) is 3.20. The monoisotopic (exact) mass is 554 g/mol. The molecule has 0 saturated carbocycles. The number of fused-ring (bicyclic) bond motifs is 1. The molecule has 0 spiro atoms. The van der Waals surface area contributed by atoms with Gasteiger partial charge in [-0.25, -0.2) is 23.1 Å². The zero-order chi connectivity index (χ0) is 28.9. The Bertz CT molecular complexity index is 1070. The van der Waals surface area contributed by atoms with Crippen LogP contribution in [0.5, 0.6) is 0 Å². The quantitative estimate of drug-likeness (QED) is 0.341. The number of imidazole rings is 1. The highest BCUT2D eigenvalue weighted by Crippen LogP contribution is 2.33. The minimum atomic E-state index is -4.66. The Morgan fingerprint density at radius 1 is 1.11 bits per heavy atom. The van der Waals surface area contributed by atoms with Gasteiger partial charge in [0, 0.05) is 7.11 Å². The van der Waals surface area contributed by atoms with Crippen molar-refractivity contribution in [1.29, 1.82) is 0 Å². The van der Waals surface area contributed by atoms with Crippen LogP contribution in [0.15, 0.2) is 18.5 Å². The number of hydrogen-bond acceptors (Lipinski definition) is 8. The van der Waals surface area contributed by atoms with Gasteiger partial charge in [0.25, 0.3) is 5.92 Å². The summed E-state index contributed by atoms with van der Waals surface area (Å²) in [4.78, 5) is 16.8. The predicted octanol–water partition coefficient (Wildman–Crippen LogP) is 3.52. The van der Waals surface area contributed by atoms with E-state index in [0.29, 0.717) is 5.56 Å². The zero-order valence-corrected chi connectivity index (χ0v) is 22.2. The predicted molar refractivity (Wildman–Crippen MR) is 128 cm³/mol. The first-order valence-corrected chi connectivity index (χ1v) is 11.7. The Morgan fingerprint density at radius 2 is 1.76 bits per heavy atom. The first-order chi connectivity index (χ1) is 17.4. The number of carbonyl (C=O) groups excluding carboxylic acids is 1. The Labute approximate surface area is 217 Å². The molecule has 4 N–H and O–H groups in total. The average molecular weight is 555 g/mol. The Balaban J connectivity index is 2.36. The standard InChI is InChI=1S/C23H35F5N6O4/c1-20(2,3)38-19(35)33-17(11-37-21(4,5)23(26,27)28)15-9-34-18(32-15)7-14(8-31-34)16(10-36-6)30-13-22(24,25)12-29/h7-9,16-17,30H,10-13,29H2,1-6H3,(H,33,35)/t16-,17+/m1/s1.